The molecule has 0 spiro atoms. The quantitative estimate of drug-likeness (QED) is 0.489. The number of fused-ring (bicyclic) bond motifs is 1. The molecular formula is C23H21N3O. The first kappa shape index (κ1) is 16.9. The molecule has 0 aliphatic carbocycles. The minimum absolute atomic E-state index is 0.248. The third kappa shape index (κ3) is 3.85. The largest absolute Gasteiger partial charge is 0.343 e. The Labute approximate surface area is 158 Å². The van der Waals surface area contributed by atoms with Gasteiger partial charge in [-0.15, -0.1) is 0 Å². The van der Waals surface area contributed by atoms with E-state index in [-0.39, 0.29) is 6.03 Å². The SMILES string of the molecule is Cc1cn(Cc2ccccc2)c2ccc(NC(=O)Nc3ccccc3)cc12. The van der Waals surface area contributed by atoms with Crippen LogP contribution in [0.5, 0.6) is 0 Å². The summed E-state index contributed by atoms with van der Waals surface area (Å²) in [5, 5.41) is 6.89. The van der Waals surface area contributed by atoms with Gasteiger partial charge in [-0.25, -0.2) is 4.79 Å². The summed E-state index contributed by atoms with van der Waals surface area (Å²) in [6.07, 6.45) is 2.16. The van der Waals surface area contributed by atoms with Gasteiger partial charge < -0.3 is 15.2 Å². The first-order chi connectivity index (χ1) is 13.2. The molecule has 0 aliphatic rings. The maximum atomic E-state index is 12.2. The predicted molar refractivity (Wildman–Crippen MR) is 111 cm³/mol. The molecule has 4 heteroatoms. The second-order valence-electron chi connectivity index (χ2n) is 6.60. The monoisotopic (exact) mass is 355 g/mol. The number of carbonyl (C=O) groups excluding carboxylic acids is 1. The van der Waals surface area contributed by atoms with E-state index in [0.717, 1.165) is 28.8 Å². The van der Waals surface area contributed by atoms with Crippen molar-refractivity contribution in [1.29, 1.82) is 0 Å². The van der Waals surface area contributed by atoms with E-state index in [4.69, 9.17) is 0 Å². The third-order valence-corrected chi connectivity index (χ3v) is 4.57. The molecule has 0 aliphatic heterocycles. The van der Waals surface area contributed by atoms with Crippen LogP contribution in [0.25, 0.3) is 10.9 Å². The number of rotatable bonds is 4. The fraction of sp³-hybridized carbons (Fsp3) is 0.0870. The Morgan fingerprint density at radius 1 is 0.852 bits per heavy atom. The number of urea groups is 1. The highest BCUT2D eigenvalue weighted by Gasteiger charge is 2.09. The van der Waals surface area contributed by atoms with Gasteiger partial charge in [-0.05, 0) is 48.4 Å². The van der Waals surface area contributed by atoms with Crippen molar-refractivity contribution in [1.82, 2.24) is 4.57 Å². The van der Waals surface area contributed by atoms with Gasteiger partial charge in [0, 0.05) is 35.0 Å². The lowest BCUT2D eigenvalue weighted by Crippen LogP contribution is -2.19. The van der Waals surface area contributed by atoms with Crippen LogP contribution in [-0.4, -0.2) is 10.6 Å². The molecular weight excluding hydrogens is 334 g/mol. The molecule has 1 heterocycles. The maximum Gasteiger partial charge on any atom is 0.323 e. The Morgan fingerprint density at radius 2 is 1.52 bits per heavy atom. The Kier molecular flexibility index (Phi) is 4.62. The number of amides is 2. The first-order valence-corrected chi connectivity index (χ1v) is 8.95. The van der Waals surface area contributed by atoms with Crippen LogP contribution in [0.4, 0.5) is 16.2 Å². The molecule has 27 heavy (non-hydrogen) atoms. The molecule has 4 aromatic rings. The Balaban J connectivity index is 1.54. The molecule has 0 atom stereocenters. The van der Waals surface area contributed by atoms with Crippen LogP contribution in [0.3, 0.4) is 0 Å². The molecule has 4 rings (SSSR count). The van der Waals surface area contributed by atoms with E-state index in [0.29, 0.717) is 0 Å². The second kappa shape index (κ2) is 7.38. The van der Waals surface area contributed by atoms with Crippen molar-refractivity contribution in [2.45, 2.75) is 13.5 Å². The number of nitrogens with zero attached hydrogens (tertiary/aromatic N) is 1. The molecule has 0 saturated carbocycles. The molecule has 0 fully saturated rings. The van der Waals surface area contributed by atoms with Crippen LogP contribution in [0.15, 0.2) is 85.1 Å². The zero-order valence-electron chi connectivity index (χ0n) is 15.1. The van der Waals surface area contributed by atoms with E-state index < -0.39 is 0 Å². The van der Waals surface area contributed by atoms with Crippen molar-refractivity contribution in [3.05, 3.63) is 96.2 Å². The molecule has 134 valence electrons. The number of aromatic nitrogens is 1. The number of benzene rings is 3. The minimum atomic E-state index is -0.248. The number of hydrogen-bond donors (Lipinski definition) is 2. The van der Waals surface area contributed by atoms with Crippen molar-refractivity contribution >= 4 is 28.3 Å². The van der Waals surface area contributed by atoms with Crippen LogP contribution in [0, 0.1) is 6.92 Å². The number of aryl methyl sites for hydroxylation is 1. The van der Waals surface area contributed by atoms with Crippen LogP contribution in [-0.2, 0) is 6.54 Å². The van der Waals surface area contributed by atoms with Gasteiger partial charge >= 0.3 is 6.03 Å². The van der Waals surface area contributed by atoms with E-state index in [2.05, 4.69) is 58.7 Å². The molecule has 1 aromatic heterocycles. The molecule has 2 amide bonds. The number of anilines is 2. The Bertz CT molecular complexity index is 1070. The molecule has 0 saturated heterocycles. The van der Waals surface area contributed by atoms with Gasteiger partial charge in [-0.1, -0.05) is 48.5 Å². The van der Waals surface area contributed by atoms with Crippen LogP contribution in [0.1, 0.15) is 11.1 Å². The van der Waals surface area contributed by atoms with Crippen molar-refractivity contribution in [3.63, 3.8) is 0 Å². The summed E-state index contributed by atoms with van der Waals surface area (Å²) < 4.78 is 2.24. The van der Waals surface area contributed by atoms with E-state index in [9.17, 15) is 4.79 Å². The van der Waals surface area contributed by atoms with Crippen molar-refractivity contribution in [3.8, 4) is 0 Å². The fourth-order valence-corrected chi connectivity index (χ4v) is 3.28. The van der Waals surface area contributed by atoms with E-state index in [1.54, 1.807) is 0 Å². The molecule has 0 unspecified atom stereocenters. The second-order valence-corrected chi connectivity index (χ2v) is 6.60. The Morgan fingerprint density at radius 3 is 2.26 bits per heavy atom. The first-order valence-electron chi connectivity index (χ1n) is 8.95. The third-order valence-electron chi connectivity index (χ3n) is 4.57. The van der Waals surface area contributed by atoms with Gasteiger partial charge in [-0.3, -0.25) is 0 Å². The van der Waals surface area contributed by atoms with E-state index >= 15 is 0 Å². The lowest BCUT2D eigenvalue weighted by molar-refractivity contribution is 0.262. The van der Waals surface area contributed by atoms with Crippen LogP contribution < -0.4 is 10.6 Å². The average molecular weight is 355 g/mol. The number of carbonyl (C=O) groups is 1. The van der Waals surface area contributed by atoms with Crippen LogP contribution >= 0.6 is 0 Å². The molecule has 0 bridgehead atoms. The lowest BCUT2D eigenvalue weighted by atomic mass is 10.1. The summed E-state index contributed by atoms with van der Waals surface area (Å²) in [6, 6.07) is 25.6. The summed E-state index contributed by atoms with van der Waals surface area (Å²) >= 11 is 0. The van der Waals surface area contributed by atoms with Crippen LogP contribution in [0.2, 0.25) is 0 Å². The van der Waals surface area contributed by atoms with Gasteiger partial charge in [0.2, 0.25) is 0 Å². The summed E-state index contributed by atoms with van der Waals surface area (Å²) in [5.41, 5.74) is 5.15. The van der Waals surface area contributed by atoms with E-state index in [1.165, 1.54) is 11.1 Å². The van der Waals surface area contributed by atoms with Crippen molar-refractivity contribution < 1.29 is 4.79 Å². The molecule has 3 aromatic carbocycles. The lowest BCUT2D eigenvalue weighted by Gasteiger charge is -2.09. The smallest absolute Gasteiger partial charge is 0.323 e. The summed E-state index contributed by atoms with van der Waals surface area (Å²) in [6.45, 7) is 2.92. The van der Waals surface area contributed by atoms with E-state index in [1.807, 2.05) is 48.5 Å². The molecule has 2 N–H and O–H groups in total. The fourth-order valence-electron chi connectivity index (χ4n) is 3.28. The summed E-state index contributed by atoms with van der Waals surface area (Å²) in [5.74, 6) is 0. The Hall–Kier alpha value is -3.53. The predicted octanol–water partition coefficient (Wildman–Crippen LogP) is 5.64. The molecule has 4 nitrogen and oxygen atoms in total. The summed E-state index contributed by atoms with van der Waals surface area (Å²) in [7, 11) is 0. The summed E-state index contributed by atoms with van der Waals surface area (Å²) in [4.78, 5) is 12.2. The number of nitrogens with one attached hydrogen (secondary N) is 2. The number of hydrogen-bond acceptors (Lipinski definition) is 1. The van der Waals surface area contributed by atoms with Gasteiger partial charge in [0.05, 0.1) is 0 Å². The highest BCUT2D eigenvalue weighted by Crippen LogP contribution is 2.25. The topological polar surface area (TPSA) is 46.1 Å². The average Bonchev–Trinajstić information content (AvgIpc) is 2.98. The minimum Gasteiger partial charge on any atom is -0.343 e. The van der Waals surface area contributed by atoms with Gasteiger partial charge in [0.1, 0.15) is 0 Å². The highest BCUT2D eigenvalue weighted by atomic mass is 16.2. The zero-order chi connectivity index (χ0) is 18.6. The van der Waals surface area contributed by atoms with Gasteiger partial charge in [-0.2, -0.15) is 0 Å². The zero-order valence-corrected chi connectivity index (χ0v) is 15.1. The highest BCUT2D eigenvalue weighted by molar-refractivity contribution is 6.01. The van der Waals surface area contributed by atoms with Crippen molar-refractivity contribution in [2.24, 2.45) is 0 Å². The normalized spacial score (nSPS) is 10.7. The van der Waals surface area contributed by atoms with Gasteiger partial charge in [0.15, 0.2) is 0 Å². The molecule has 0 radical (unpaired) electrons. The van der Waals surface area contributed by atoms with Crippen molar-refractivity contribution in [2.75, 3.05) is 10.6 Å². The number of para-hydroxylation sites is 1. The van der Waals surface area contributed by atoms with Gasteiger partial charge in [0.25, 0.3) is 0 Å². The standard InChI is InChI=1S/C23H21N3O/c1-17-15-26(16-18-8-4-2-5-9-18)22-13-12-20(14-21(17)22)25-23(27)24-19-10-6-3-7-11-19/h2-15H,16H2,1H3,(H2,24,25,27). The maximum absolute atomic E-state index is 12.2.